The average Bonchev–Trinajstić information content (AvgIpc) is 2.53. The van der Waals surface area contributed by atoms with E-state index < -0.39 is 0 Å². The normalized spacial score (nSPS) is 46.6. The van der Waals surface area contributed by atoms with Crippen molar-refractivity contribution in [2.24, 2.45) is 28.6 Å². The van der Waals surface area contributed by atoms with Gasteiger partial charge in [0.1, 0.15) is 0 Å². The van der Waals surface area contributed by atoms with Crippen LogP contribution in [0.3, 0.4) is 0 Å². The molecule has 1 saturated carbocycles. The topological polar surface area (TPSA) is 0 Å². The van der Waals surface area contributed by atoms with E-state index in [0.717, 1.165) is 17.8 Å². The Labute approximate surface area is 84.1 Å². The quantitative estimate of drug-likeness (QED) is 0.608. The Balaban J connectivity index is 2.86. The second-order valence-electron chi connectivity index (χ2n) is 5.75. The smallest absolute Gasteiger partial charge is 0.0210 e. The summed E-state index contributed by atoms with van der Waals surface area (Å²) in [4.78, 5) is 0. The fourth-order valence-electron chi connectivity index (χ4n) is 3.63. The maximum atomic E-state index is 2.49. The Morgan fingerprint density at radius 1 is 1.08 bits per heavy atom. The molecule has 1 aliphatic rings. The third-order valence-electron chi connectivity index (χ3n) is 5.71. The van der Waals surface area contributed by atoms with E-state index in [9.17, 15) is 0 Å². The fraction of sp³-hybridized carbons (Fsp3) is 1.00. The van der Waals surface area contributed by atoms with Crippen LogP contribution in [0.15, 0.2) is 0 Å². The van der Waals surface area contributed by atoms with Crippen LogP contribution in [0, 0.1) is 28.6 Å². The van der Waals surface area contributed by atoms with E-state index in [-0.39, 0.29) is 0 Å². The van der Waals surface area contributed by atoms with Crippen molar-refractivity contribution in [3.63, 3.8) is 0 Å². The van der Waals surface area contributed by atoms with Gasteiger partial charge in [-0.05, 0) is 28.6 Å². The van der Waals surface area contributed by atoms with Gasteiger partial charge in [-0.1, -0.05) is 54.9 Å². The zero-order chi connectivity index (χ0) is 10.4. The molecule has 0 aromatic rings. The third kappa shape index (κ3) is 1.10. The predicted octanol–water partition coefficient (Wildman–Crippen LogP) is 4.35. The van der Waals surface area contributed by atoms with Gasteiger partial charge in [0.15, 0.2) is 0 Å². The maximum absolute atomic E-state index is 2.49. The van der Waals surface area contributed by atoms with Gasteiger partial charge in [0.25, 0.3) is 0 Å². The van der Waals surface area contributed by atoms with Gasteiger partial charge in [0.2, 0.25) is 0 Å². The molecule has 1 rings (SSSR count). The highest BCUT2D eigenvalue weighted by Crippen LogP contribution is 2.75. The van der Waals surface area contributed by atoms with Gasteiger partial charge in [0.05, 0.1) is 0 Å². The van der Waals surface area contributed by atoms with Crippen molar-refractivity contribution in [2.75, 3.05) is 0 Å². The molecular formula is C13H26. The summed E-state index contributed by atoms with van der Waals surface area (Å²) in [6, 6.07) is 0. The summed E-state index contributed by atoms with van der Waals surface area (Å²) in [6.07, 6.45) is 1.32. The van der Waals surface area contributed by atoms with E-state index >= 15 is 0 Å². The molecule has 0 aliphatic heterocycles. The molecule has 13 heavy (non-hydrogen) atoms. The van der Waals surface area contributed by atoms with Crippen molar-refractivity contribution >= 4 is 0 Å². The molecule has 0 aromatic carbocycles. The van der Waals surface area contributed by atoms with E-state index in [0.29, 0.717) is 10.8 Å². The first kappa shape index (κ1) is 11.1. The lowest BCUT2D eigenvalue weighted by molar-refractivity contribution is 0.219. The average molecular weight is 182 g/mol. The Morgan fingerprint density at radius 3 is 1.77 bits per heavy atom. The molecule has 0 spiro atoms. The fourth-order valence-corrected chi connectivity index (χ4v) is 3.63. The summed E-state index contributed by atoms with van der Waals surface area (Å²) in [6.45, 7) is 16.9. The summed E-state index contributed by atoms with van der Waals surface area (Å²) < 4.78 is 0. The lowest BCUT2D eigenvalue weighted by Crippen LogP contribution is -2.20. The largest absolute Gasteiger partial charge is 0.0651 e. The maximum Gasteiger partial charge on any atom is -0.0210 e. The first-order chi connectivity index (χ1) is 5.83. The zero-order valence-electron chi connectivity index (χ0n) is 10.4. The summed E-state index contributed by atoms with van der Waals surface area (Å²) in [5.74, 6) is 2.59. The summed E-state index contributed by atoms with van der Waals surface area (Å²) in [5, 5.41) is 0. The van der Waals surface area contributed by atoms with E-state index in [4.69, 9.17) is 0 Å². The van der Waals surface area contributed by atoms with Crippen LogP contribution in [-0.2, 0) is 0 Å². The molecule has 4 atom stereocenters. The molecule has 1 aliphatic carbocycles. The summed E-state index contributed by atoms with van der Waals surface area (Å²) >= 11 is 0. The Morgan fingerprint density at radius 2 is 1.54 bits per heavy atom. The van der Waals surface area contributed by atoms with Gasteiger partial charge in [0, 0.05) is 0 Å². The van der Waals surface area contributed by atoms with Crippen LogP contribution in [0.1, 0.15) is 54.9 Å². The van der Waals surface area contributed by atoms with Crippen molar-refractivity contribution < 1.29 is 0 Å². The van der Waals surface area contributed by atoms with E-state index in [2.05, 4.69) is 48.5 Å². The van der Waals surface area contributed by atoms with Crippen LogP contribution in [0.2, 0.25) is 0 Å². The Hall–Kier alpha value is 0. The van der Waals surface area contributed by atoms with Gasteiger partial charge in [-0.3, -0.25) is 0 Å². The molecule has 0 nitrogen and oxygen atoms in total. The van der Waals surface area contributed by atoms with Crippen LogP contribution >= 0.6 is 0 Å². The molecule has 0 heterocycles. The van der Waals surface area contributed by atoms with Crippen LogP contribution in [-0.4, -0.2) is 0 Å². The van der Waals surface area contributed by atoms with Gasteiger partial charge in [-0.25, -0.2) is 0 Å². The Bertz CT molecular complexity index is 194. The molecular weight excluding hydrogens is 156 g/mol. The first-order valence-electron chi connectivity index (χ1n) is 5.83. The molecule has 0 aromatic heterocycles. The zero-order valence-corrected chi connectivity index (χ0v) is 10.4. The molecule has 0 heteroatoms. The van der Waals surface area contributed by atoms with Gasteiger partial charge >= 0.3 is 0 Å². The molecule has 4 unspecified atom stereocenters. The van der Waals surface area contributed by atoms with Gasteiger partial charge in [-0.2, -0.15) is 0 Å². The minimum atomic E-state index is 0.586. The van der Waals surface area contributed by atoms with Crippen LogP contribution < -0.4 is 0 Å². The van der Waals surface area contributed by atoms with Crippen LogP contribution in [0.5, 0.6) is 0 Å². The van der Waals surface area contributed by atoms with E-state index in [1.807, 2.05) is 0 Å². The minimum Gasteiger partial charge on any atom is -0.0651 e. The molecule has 0 amide bonds. The second kappa shape index (κ2) is 3.00. The first-order valence-corrected chi connectivity index (χ1v) is 5.83. The van der Waals surface area contributed by atoms with Crippen molar-refractivity contribution in [3.05, 3.63) is 0 Å². The summed E-state index contributed by atoms with van der Waals surface area (Å²) in [5.41, 5.74) is 1.18. The summed E-state index contributed by atoms with van der Waals surface area (Å²) in [7, 11) is 0. The number of rotatable bonds is 3. The molecule has 0 saturated heterocycles. The molecule has 0 bridgehead atoms. The highest BCUT2D eigenvalue weighted by molar-refractivity contribution is 5.17. The monoisotopic (exact) mass is 182 g/mol. The van der Waals surface area contributed by atoms with Crippen molar-refractivity contribution in [3.8, 4) is 0 Å². The minimum absolute atomic E-state index is 0.586. The lowest BCUT2D eigenvalue weighted by atomic mass is 9.78. The predicted molar refractivity (Wildman–Crippen MR) is 59.7 cm³/mol. The van der Waals surface area contributed by atoms with Crippen molar-refractivity contribution in [1.82, 2.24) is 0 Å². The van der Waals surface area contributed by atoms with Crippen molar-refractivity contribution in [1.29, 1.82) is 0 Å². The molecule has 0 radical (unpaired) electrons. The van der Waals surface area contributed by atoms with Gasteiger partial charge < -0.3 is 0 Å². The highest BCUT2D eigenvalue weighted by atomic mass is 14.7. The van der Waals surface area contributed by atoms with Crippen molar-refractivity contribution in [2.45, 2.75) is 54.9 Å². The standard InChI is InChI=1S/C13H26/c1-8-10(4)13(7)11(5)12(13,6)9(2)3/h9-11H,8H2,1-7H3. The third-order valence-corrected chi connectivity index (χ3v) is 5.71. The Kier molecular flexibility index (Phi) is 2.56. The second-order valence-corrected chi connectivity index (χ2v) is 5.75. The van der Waals surface area contributed by atoms with Crippen LogP contribution in [0.25, 0.3) is 0 Å². The molecule has 78 valence electrons. The number of hydrogen-bond acceptors (Lipinski definition) is 0. The van der Waals surface area contributed by atoms with E-state index in [1.165, 1.54) is 6.42 Å². The molecule has 0 N–H and O–H groups in total. The van der Waals surface area contributed by atoms with Gasteiger partial charge in [-0.15, -0.1) is 0 Å². The SMILES string of the molecule is CCC(C)C1(C)C(C)C1(C)C(C)C. The highest BCUT2D eigenvalue weighted by Gasteiger charge is 2.70. The number of hydrogen-bond donors (Lipinski definition) is 0. The lowest BCUT2D eigenvalue weighted by Gasteiger charge is -2.27. The van der Waals surface area contributed by atoms with E-state index in [1.54, 1.807) is 0 Å². The van der Waals surface area contributed by atoms with Crippen LogP contribution in [0.4, 0.5) is 0 Å². The molecule has 1 fully saturated rings.